The number of esters is 1. The molecule has 0 saturated carbocycles. The molecule has 0 bridgehead atoms. The predicted octanol–water partition coefficient (Wildman–Crippen LogP) is 3.41. The molecular formula is C18H18N2O5. The molecule has 0 aromatic heterocycles. The second-order valence-electron chi connectivity index (χ2n) is 5.70. The van der Waals surface area contributed by atoms with Crippen LogP contribution < -0.4 is 5.32 Å². The first-order valence-corrected chi connectivity index (χ1v) is 7.70. The second-order valence-corrected chi connectivity index (χ2v) is 5.70. The molecule has 2 aromatic carbocycles. The van der Waals surface area contributed by atoms with Crippen LogP contribution in [0.15, 0.2) is 54.6 Å². The standard InChI is InChI=1S/C18H18N2O5/c1-12(2)16(17(21)19-13-8-4-3-5-9-13)25-18(22)14-10-6-7-11-15(14)20(23)24/h3-12,16H,1-2H3,(H,19,21). The van der Waals surface area contributed by atoms with E-state index in [1.54, 1.807) is 38.1 Å². The van der Waals surface area contributed by atoms with Gasteiger partial charge >= 0.3 is 5.97 Å². The average Bonchev–Trinajstić information content (AvgIpc) is 2.59. The van der Waals surface area contributed by atoms with Crippen molar-refractivity contribution in [1.82, 2.24) is 0 Å². The summed E-state index contributed by atoms with van der Waals surface area (Å²) in [5.41, 5.74) is 0.0176. The number of nitro benzene ring substituents is 1. The molecule has 1 atom stereocenters. The number of carbonyl (C=O) groups excluding carboxylic acids is 2. The minimum atomic E-state index is -1.08. The number of benzene rings is 2. The molecule has 130 valence electrons. The Bertz CT molecular complexity index is 774. The largest absolute Gasteiger partial charge is 0.448 e. The summed E-state index contributed by atoms with van der Waals surface area (Å²) in [5.74, 6) is -1.71. The molecule has 0 saturated heterocycles. The Hall–Kier alpha value is -3.22. The van der Waals surface area contributed by atoms with E-state index in [0.717, 1.165) is 0 Å². The first-order valence-electron chi connectivity index (χ1n) is 7.70. The van der Waals surface area contributed by atoms with Crippen LogP contribution in [0.25, 0.3) is 0 Å². The van der Waals surface area contributed by atoms with Gasteiger partial charge in [-0.05, 0) is 24.1 Å². The van der Waals surface area contributed by atoms with Crippen LogP contribution >= 0.6 is 0 Å². The van der Waals surface area contributed by atoms with Crippen LogP contribution in [0, 0.1) is 16.0 Å². The first kappa shape index (κ1) is 18.1. The van der Waals surface area contributed by atoms with E-state index in [9.17, 15) is 19.7 Å². The van der Waals surface area contributed by atoms with Gasteiger partial charge < -0.3 is 10.1 Å². The first-order chi connectivity index (χ1) is 11.9. The van der Waals surface area contributed by atoms with Gasteiger partial charge in [-0.2, -0.15) is 0 Å². The summed E-state index contributed by atoms with van der Waals surface area (Å²) in [5, 5.41) is 13.7. The van der Waals surface area contributed by atoms with Gasteiger partial charge in [-0.25, -0.2) is 4.79 Å². The molecule has 1 N–H and O–H groups in total. The Labute approximate surface area is 144 Å². The zero-order valence-electron chi connectivity index (χ0n) is 13.8. The van der Waals surface area contributed by atoms with Crippen molar-refractivity contribution in [3.05, 3.63) is 70.3 Å². The monoisotopic (exact) mass is 342 g/mol. The molecule has 1 amide bonds. The number of nitrogens with one attached hydrogen (secondary N) is 1. The highest BCUT2D eigenvalue weighted by Gasteiger charge is 2.29. The molecule has 0 radical (unpaired) electrons. The van der Waals surface area contributed by atoms with Gasteiger partial charge in [0.2, 0.25) is 0 Å². The lowest BCUT2D eigenvalue weighted by Crippen LogP contribution is -2.36. The van der Waals surface area contributed by atoms with Gasteiger partial charge in [0.25, 0.3) is 11.6 Å². The van der Waals surface area contributed by atoms with Crippen molar-refractivity contribution in [3.63, 3.8) is 0 Å². The number of hydrogen-bond acceptors (Lipinski definition) is 5. The highest BCUT2D eigenvalue weighted by molar-refractivity contribution is 5.99. The van der Waals surface area contributed by atoms with Crippen molar-refractivity contribution in [1.29, 1.82) is 0 Å². The summed E-state index contributed by atoms with van der Waals surface area (Å²) in [7, 11) is 0. The average molecular weight is 342 g/mol. The molecule has 0 heterocycles. The van der Waals surface area contributed by atoms with E-state index in [2.05, 4.69) is 5.32 Å². The van der Waals surface area contributed by atoms with E-state index in [1.165, 1.54) is 24.3 Å². The minimum absolute atomic E-state index is 0.189. The van der Waals surface area contributed by atoms with Gasteiger partial charge in [-0.1, -0.05) is 44.2 Å². The zero-order valence-corrected chi connectivity index (χ0v) is 13.8. The van der Waals surface area contributed by atoms with Crippen LogP contribution in [0.1, 0.15) is 24.2 Å². The Morgan fingerprint density at radius 3 is 2.24 bits per heavy atom. The fourth-order valence-corrected chi connectivity index (χ4v) is 2.21. The Morgan fingerprint density at radius 2 is 1.64 bits per heavy atom. The lowest BCUT2D eigenvalue weighted by atomic mass is 10.1. The summed E-state index contributed by atoms with van der Waals surface area (Å²) < 4.78 is 5.27. The third kappa shape index (κ3) is 4.63. The molecule has 0 aliphatic rings. The number of anilines is 1. The quantitative estimate of drug-likeness (QED) is 0.493. The third-order valence-electron chi connectivity index (χ3n) is 3.46. The van der Waals surface area contributed by atoms with Crippen LogP contribution in [0.2, 0.25) is 0 Å². The maximum atomic E-state index is 12.4. The topological polar surface area (TPSA) is 98.5 Å². The maximum Gasteiger partial charge on any atom is 0.345 e. The number of amides is 1. The Balaban J connectivity index is 2.18. The molecule has 0 fully saturated rings. The van der Waals surface area contributed by atoms with Gasteiger partial charge in [0, 0.05) is 11.8 Å². The van der Waals surface area contributed by atoms with Crippen molar-refractivity contribution in [2.45, 2.75) is 20.0 Å². The van der Waals surface area contributed by atoms with Gasteiger partial charge in [-0.15, -0.1) is 0 Å². The van der Waals surface area contributed by atoms with Gasteiger partial charge in [0.05, 0.1) is 4.92 Å². The number of rotatable bonds is 6. The van der Waals surface area contributed by atoms with Gasteiger partial charge in [0.1, 0.15) is 5.56 Å². The van der Waals surface area contributed by atoms with Crippen molar-refractivity contribution < 1.29 is 19.2 Å². The van der Waals surface area contributed by atoms with E-state index in [-0.39, 0.29) is 17.2 Å². The van der Waals surface area contributed by atoms with E-state index < -0.39 is 22.9 Å². The SMILES string of the molecule is CC(C)C(OC(=O)c1ccccc1[N+](=O)[O-])C(=O)Nc1ccccc1. The minimum Gasteiger partial charge on any atom is -0.448 e. The normalized spacial score (nSPS) is 11.6. The molecule has 0 aliphatic carbocycles. The third-order valence-corrected chi connectivity index (χ3v) is 3.46. The molecule has 0 spiro atoms. The van der Waals surface area contributed by atoms with Gasteiger partial charge in [-0.3, -0.25) is 14.9 Å². The zero-order chi connectivity index (χ0) is 18.4. The smallest absolute Gasteiger partial charge is 0.345 e. The summed E-state index contributed by atoms with van der Waals surface area (Å²) in [6, 6.07) is 14.2. The molecule has 1 unspecified atom stereocenters. The summed E-state index contributed by atoms with van der Waals surface area (Å²) >= 11 is 0. The maximum absolute atomic E-state index is 12.4. The number of para-hydroxylation sites is 2. The Kier molecular flexibility index (Phi) is 5.84. The van der Waals surface area contributed by atoms with Gasteiger partial charge in [0.15, 0.2) is 6.10 Å². The lowest BCUT2D eigenvalue weighted by Gasteiger charge is -2.20. The number of nitrogens with zero attached hydrogens (tertiary/aromatic N) is 1. The molecule has 7 heteroatoms. The van der Waals surface area contributed by atoms with E-state index >= 15 is 0 Å². The predicted molar refractivity (Wildman–Crippen MR) is 92.2 cm³/mol. The van der Waals surface area contributed by atoms with Crippen LogP contribution in [-0.4, -0.2) is 22.9 Å². The fraction of sp³-hybridized carbons (Fsp3) is 0.222. The fourth-order valence-electron chi connectivity index (χ4n) is 2.21. The molecule has 7 nitrogen and oxygen atoms in total. The second kappa shape index (κ2) is 8.05. The molecule has 0 aliphatic heterocycles. The molecule has 25 heavy (non-hydrogen) atoms. The molecular weight excluding hydrogens is 324 g/mol. The van der Waals surface area contributed by atoms with E-state index in [0.29, 0.717) is 5.69 Å². The molecule has 2 rings (SSSR count). The number of hydrogen-bond donors (Lipinski definition) is 1. The van der Waals surface area contributed by atoms with Crippen molar-refractivity contribution >= 4 is 23.3 Å². The van der Waals surface area contributed by atoms with Crippen LogP contribution in [0.3, 0.4) is 0 Å². The lowest BCUT2D eigenvalue weighted by molar-refractivity contribution is -0.385. The number of carbonyl (C=O) groups is 2. The van der Waals surface area contributed by atoms with E-state index in [4.69, 9.17) is 4.74 Å². The van der Waals surface area contributed by atoms with E-state index in [1.807, 2.05) is 6.07 Å². The van der Waals surface area contributed by atoms with Crippen LogP contribution in [0.4, 0.5) is 11.4 Å². The van der Waals surface area contributed by atoms with Crippen molar-refractivity contribution in [2.24, 2.45) is 5.92 Å². The number of nitro groups is 1. The summed E-state index contributed by atoms with van der Waals surface area (Å²) in [6.45, 7) is 3.45. The number of ether oxygens (including phenoxy) is 1. The summed E-state index contributed by atoms with van der Waals surface area (Å²) in [6.07, 6.45) is -1.08. The highest BCUT2D eigenvalue weighted by atomic mass is 16.6. The van der Waals surface area contributed by atoms with Crippen LogP contribution in [0.5, 0.6) is 0 Å². The summed E-state index contributed by atoms with van der Waals surface area (Å²) in [4.78, 5) is 35.1. The van der Waals surface area contributed by atoms with Crippen LogP contribution in [-0.2, 0) is 9.53 Å². The van der Waals surface area contributed by atoms with Crippen molar-refractivity contribution in [2.75, 3.05) is 5.32 Å². The Morgan fingerprint density at radius 1 is 1.04 bits per heavy atom. The molecule has 2 aromatic rings. The highest BCUT2D eigenvalue weighted by Crippen LogP contribution is 2.21. The van der Waals surface area contributed by atoms with Crippen molar-refractivity contribution in [3.8, 4) is 0 Å².